The monoisotopic (exact) mass is 341 g/mol. The maximum atomic E-state index is 14.0. The van der Waals surface area contributed by atoms with Crippen molar-refractivity contribution in [2.24, 2.45) is 0 Å². The number of carboxylic acid groups (broad SMARTS) is 1. The Bertz CT molecular complexity index is 974. The molecule has 0 saturated carbocycles. The van der Waals surface area contributed by atoms with Crippen LogP contribution < -0.4 is 5.32 Å². The molecule has 126 valence electrons. The fourth-order valence-corrected chi connectivity index (χ4v) is 2.51. The van der Waals surface area contributed by atoms with Crippen molar-refractivity contribution in [2.75, 3.05) is 5.32 Å². The van der Waals surface area contributed by atoms with Crippen LogP contribution in [0.15, 0.2) is 48.7 Å². The number of aliphatic carboxylic acids is 1. The van der Waals surface area contributed by atoms with E-state index in [1.165, 1.54) is 12.3 Å². The van der Waals surface area contributed by atoms with Gasteiger partial charge in [-0.25, -0.2) is 9.37 Å². The van der Waals surface area contributed by atoms with Crippen molar-refractivity contribution >= 4 is 33.9 Å². The normalized spacial score (nSPS) is 10.6. The summed E-state index contributed by atoms with van der Waals surface area (Å²) in [5, 5.41) is 23.1. The molecule has 0 saturated heterocycles. The number of nitro groups is 1. The minimum Gasteiger partial charge on any atom is -0.481 e. The van der Waals surface area contributed by atoms with E-state index in [-0.39, 0.29) is 28.7 Å². The van der Waals surface area contributed by atoms with Crippen molar-refractivity contribution in [3.63, 3.8) is 0 Å². The molecule has 0 unspecified atom stereocenters. The van der Waals surface area contributed by atoms with Crippen LogP contribution in [0.1, 0.15) is 5.56 Å². The van der Waals surface area contributed by atoms with Gasteiger partial charge in [0.2, 0.25) is 0 Å². The molecular weight excluding hydrogens is 329 g/mol. The number of nitrogens with one attached hydrogen (secondary N) is 1. The number of aromatic nitrogens is 1. The number of pyridine rings is 1. The van der Waals surface area contributed by atoms with Crippen LogP contribution in [0.5, 0.6) is 0 Å². The lowest BCUT2D eigenvalue weighted by Crippen LogP contribution is -2.01. The average molecular weight is 341 g/mol. The summed E-state index contributed by atoms with van der Waals surface area (Å²) in [5.41, 5.74) is 0.906. The minimum absolute atomic E-state index is 0.0714. The standard InChI is InChI=1S/C17H12FN3O4/c18-13-5-6-14(21(24)25)16-12(13)7-8-19-17(16)20-11-3-1-10(2-4-11)9-15(22)23/h1-8H,9H2,(H,19,20)(H,22,23). The number of hydrogen-bond acceptors (Lipinski definition) is 5. The number of anilines is 2. The Labute approximate surface area is 140 Å². The Morgan fingerprint density at radius 1 is 1.20 bits per heavy atom. The third kappa shape index (κ3) is 3.37. The number of non-ortho nitro benzene ring substituents is 1. The molecule has 0 aliphatic carbocycles. The topological polar surface area (TPSA) is 105 Å². The van der Waals surface area contributed by atoms with Crippen molar-refractivity contribution in [3.8, 4) is 0 Å². The highest BCUT2D eigenvalue weighted by atomic mass is 19.1. The van der Waals surface area contributed by atoms with Crippen molar-refractivity contribution in [1.29, 1.82) is 0 Å². The van der Waals surface area contributed by atoms with Crippen LogP contribution in [0.3, 0.4) is 0 Å². The van der Waals surface area contributed by atoms with Gasteiger partial charge in [0.15, 0.2) is 0 Å². The Hall–Kier alpha value is -3.55. The van der Waals surface area contributed by atoms with Gasteiger partial charge in [-0.2, -0.15) is 0 Å². The zero-order chi connectivity index (χ0) is 18.0. The van der Waals surface area contributed by atoms with Gasteiger partial charge >= 0.3 is 5.97 Å². The first-order valence-electron chi connectivity index (χ1n) is 7.25. The highest BCUT2D eigenvalue weighted by molar-refractivity contribution is 6.00. The number of fused-ring (bicyclic) bond motifs is 1. The Morgan fingerprint density at radius 3 is 2.56 bits per heavy atom. The van der Waals surface area contributed by atoms with E-state index in [2.05, 4.69) is 10.3 Å². The largest absolute Gasteiger partial charge is 0.481 e. The van der Waals surface area contributed by atoms with E-state index in [0.29, 0.717) is 11.3 Å². The Balaban J connectivity index is 2.03. The molecule has 1 aromatic heterocycles. The first-order chi connectivity index (χ1) is 12.0. The predicted octanol–water partition coefficient (Wildman–Crippen LogP) is 3.65. The zero-order valence-electron chi connectivity index (χ0n) is 12.8. The molecule has 0 bridgehead atoms. The Kier molecular flexibility index (Phi) is 4.25. The van der Waals surface area contributed by atoms with Gasteiger partial charge in [-0.1, -0.05) is 12.1 Å². The molecule has 0 spiro atoms. The average Bonchev–Trinajstić information content (AvgIpc) is 2.57. The molecule has 2 aromatic carbocycles. The summed E-state index contributed by atoms with van der Waals surface area (Å²) in [6.45, 7) is 0. The van der Waals surface area contributed by atoms with Gasteiger partial charge in [0, 0.05) is 23.3 Å². The van der Waals surface area contributed by atoms with Crippen LogP contribution in [0.2, 0.25) is 0 Å². The molecule has 2 N–H and O–H groups in total. The maximum absolute atomic E-state index is 14.0. The maximum Gasteiger partial charge on any atom is 0.307 e. The second kappa shape index (κ2) is 6.52. The lowest BCUT2D eigenvalue weighted by atomic mass is 10.1. The summed E-state index contributed by atoms with van der Waals surface area (Å²) in [5.74, 6) is -1.37. The molecule has 8 heteroatoms. The van der Waals surface area contributed by atoms with Gasteiger partial charge in [-0.05, 0) is 29.8 Å². The first-order valence-corrected chi connectivity index (χ1v) is 7.25. The number of rotatable bonds is 5. The van der Waals surface area contributed by atoms with Crippen molar-refractivity contribution in [3.05, 3.63) is 70.2 Å². The number of carbonyl (C=O) groups is 1. The summed E-state index contributed by atoms with van der Waals surface area (Å²) in [6.07, 6.45) is 1.25. The number of nitrogens with zero attached hydrogens (tertiary/aromatic N) is 2. The molecule has 0 aliphatic rings. The molecular formula is C17H12FN3O4. The zero-order valence-corrected chi connectivity index (χ0v) is 12.8. The van der Waals surface area contributed by atoms with Crippen LogP contribution in [0.4, 0.5) is 21.6 Å². The molecule has 0 aliphatic heterocycles. The lowest BCUT2D eigenvalue weighted by Gasteiger charge is -2.10. The van der Waals surface area contributed by atoms with E-state index in [1.807, 2.05) is 0 Å². The second-order valence-corrected chi connectivity index (χ2v) is 5.30. The van der Waals surface area contributed by atoms with Crippen molar-refractivity contribution in [1.82, 2.24) is 4.98 Å². The number of benzene rings is 2. The number of carboxylic acids is 1. The van der Waals surface area contributed by atoms with E-state index >= 15 is 0 Å². The quantitative estimate of drug-likeness (QED) is 0.542. The Morgan fingerprint density at radius 2 is 1.92 bits per heavy atom. The fraction of sp³-hybridized carbons (Fsp3) is 0.0588. The van der Waals surface area contributed by atoms with Crippen LogP contribution >= 0.6 is 0 Å². The van der Waals surface area contributed by atoms with Gasteiger partial charge in [-0.15, -0.1) is 0 Å². The summed E-state index contributed by atoms with van der Waals surface area (Å²) in [6, 6.07) is 10.0. The van der Waals surface area contributed by atoms with Gasteiger partial charge in [0.05, 0.1) is 11.3 Å². The third-order valence-electron chi connectivity index (χ3n) is 3.62. The van der Waals surface area contributed by atoms with Crippen molar-refractivity contribution < 1.29 is 19.2 Å². The van der Waals surface area contributed by atoms with Gasteiger partial charge in [0.25, 0.3) is 5.69 Å². The number of nitro benzene ring substituents is 1. The van der Waals surface area contributed by atoms with Crippen molar-refractivity contribution in [2.45, 2.75) is 6.42 Å². The highest BCUT2D eigenvalue weighted by Crippen LogP contribution is 2.33. The molecule has 0 radical (unpaired) electrons. The summed E-state index contributed by atoms with van der Waals surface area (Å²) >= 11 is 0. The minimum atomic E-state index is -0.942. The lowest BCUT2D eigenvalue weighted by molar-refractivity contribution is -0.383. The van der Waals surface area contributed by atoms with E-state index in [9.17, 15) is 19.3 Å². The number of hydrogen-bond donors (Lipinski definition) is 2. The second-order valence-electron chi connectivity index (χ2n) is 5.30. The summed E-state index contributed by atoms with van der Waals surface area (Å²) in [4.78, 5) is 25.4. The predicted molar refractivity (Wildman–Crippen MR) is 89.4 cm³/mol. The summed E-state index contributed by atoms with van der Waals surface area (Å²) in [7, 11) is 0. The van der Waals surface area contributed by atoms with Crippen LogP contribution in [-0.2, 0) is 11.2 Å². The van der Waals surface area contributed by atoms with Crippen LogP contribution in [0.25, 0.3) is 10.8 Å². The molecule has 7 nitrogen and oxygen atoms in total. The van der Waals surface area contributed by atoms with E-state index in [4.69, 9.17) is 5.11 Å². The smallest absolute Gasteiger partial charge is 0.307 e. The van der Waals surface area contributed by atoms with E-state index < -0.39 is 16.7 Å². The molecule has 25 heavy (non-hydrogen) atoms. The molecule has 0 fully saturated rings. The number of halogens is 1. The fourth-order valence-electron chi connectivity index (χ4n) is 2.51. The van der Waals surface area contributed by atoms with Crippen LogP contribution in [-0.4, -0.2) is 21.0 Å². The summed E-state index contributed by atoms with van der Waals surface area (Å²) < 4.78 is 14.0. The SMILES string of the molecule is O=C(O)Cc1ccc(Nc2nccc3c(F)ccc([N+](=O)[O-])c23)cc1. The first kappa shape index (κ1) is 16.3. The molecule has 0 amide bonds. The molecule has 1 heterocycles. The van der Waals surface area contributed by atoms with Gasteiger partial charge < -0.3 is 10.4 Å². The van der Waals surface area contributed by atoms with Crippen LogP contribution in [0, 0.1) is 15.9 Å². The highest BCUT2D eigenvalue weighted by Gasteiger charge is 2.19. The van der Waals surface area contributed by atoms with E-state index in [1.54, 1.807) is 24.3 Å². The molecule has 0 atom stereocenters. The van der Waals surface area contributed by atoms with E-state index in [0.717, 1.165) is 12.1 Å². The molecule has 3 aromatic rings. The van der Waals surface area contributed by atoms with Gasteiger partial charge in [0.1, 0.15) is 17.0 Å². The van der Waals surface area contributed by atoms with Gasteiger partial charge in [-0.3, -0.25) is 14.9 Å². The molecule has 3 rings (SSSR count). The third-order valence-corrected chi connectivity index (χ3v) is 3.62.